The molecule has 6 nitrogen and oxygen atoms in total. The predicted octanol–water partition coefficient (Wildman–Crippen LogP) is 2.28. The number of hydrogen-bond donors (Lipinski definition) is 1. The molecule has 0 radical (unpaired) electrons. The molecule has 114 valence electrons. The van der Waals surface area contributed by atoms with Crippen LogP contribution in [0.2, 0.25) is 0 Å². The highest BCUT2D eigenvalue weighted by molar-refractivity contribution is 7.84. The van der Waals surface area contributed by atoms with Gasteiger partial charge in [0.05, 0.1) is 16.5 Å². The third kappa shape index (κ3) is 5.05. The van der Waals surface area contributed by atoms with Crippen molar-refractivity contribution in [3.8, 4) is 0 Å². The van der Waals surface area contributed by atoms with Crippen LogP contribution in [-0.4, -0.2) is 26.0 Å². The van der Waals surface area contributed by atoms with Gasteiger partial charge in [-0.1, -0.05) is 12.1 Å². The Hall–Kier alpha value is -1.54. The van der Waals surface area contributed by atoms with Crippen molar-refractivity contribution in [1.29, 1.82) is 0 Å². The molecule has 0 bridgehead atoms. The van der Waals surface area contributed by atoms with Crippen molar-refractivity contribution in [1.82, 2.24) is 10.1 Å². The zero-order valence-corrected chi connectivity index (χ0v) is 13.6. The first-order chi connectivity index (χ1) is 10.1. The van der Waals surface area contributed by atoms with Crippen LogP contribution >= 0.6 is 11.3 Å². The van der Waals surface area contributed by atoms with Crippen LogP contribution in [0.15, 0.2) is 16.0 Å². The van der Waals surface area contributed by atoms with Crippen LogP contribution < -0.4 is 5.32 Å². The average molecular weight is 327 g/mol. The summed E-state index contributed by atoms with van der Waals surface area (Å²) in [7, 11) is -1.28. The molecular weight excluding hydrogens is 310 g/mol. The third-order valence-corrected chi connectivity index (χ3v) is 4.72. The lowest BCUT2D eigenvalue weighted by molar-refractivity contribution is -0.113. The second-order valence-corrected chi connectivity index (χ2v) is 6.98. The molecule has 2 aromatic heterocycles. The van der Waals surface area contributed by atoms with Crippen molar-refractivity contribution < 1.29 is 13.5 Å². The highest BCUT2D eigenvalue weighted by Crippen LogP contribution is 2.13. The van der Waals surface area contributed by atoms with E-state index in [-0.39, 0.29) is 11.7 Å². The van der Waals surface area contributed by atoms with Gasteiger partial charge in [-0.05, 0) is 19.8 Å². The fourth-order valence-electron chi connectivity index (χ4n) is 1.71. The Labute approximate surface area is 129 Å². The van der Waals surface area contributed by atoms with Gasteiger partial charge in [-0.25, -0.2) is 4.98 Å². The first kappa shape index (κ1) is 15.8. The summed E-state index contributed by atoms with van der Waals surface area (Å²) in [4.78, 5) is 16.1. The summed E-state index contributed by atoms with van der Waals surface area (Å²) in [6.07, 6.45) is 1.97. The molecule has 2 heterocycles. The van der Waals surface area contributed by atoms with E-state index in [1.54, 1.807) is 24.3 Å². The molecule has 0 spiro atoms. The van der Waals surface area contributed by atoms with Crippen LogP contribution in [0.25, 0.3) is 0 Å². The zero-order chi connectivity index (χ0) is 15.2. The Balaban J connectivity index is 1.81. The van der Waals surface area contributed by atoms with Gasteiger partial charge in [0.2, 0.25) is 5.91 Å². The van der Waals surface area contributed by atoms with E-state index >= 15 is 0 Å². The van der Waals surface area contributed by atoms with E-state index in [1.807, 2.05) is 5.38 Å². The maximum Gasteiger partial charge on any atom is 0.238 e. The van der Waals surface area contributed by atoms with Gasteiger partial charge in [-0.2, -0.15) is 0 Å². The monoisotopic (exact) mass is 327 g/mol. The van der Waals surface area contributed by atoms with Crippen molar-refractivity contribution in [3.63, 3.8) is 0 Å². The minimum atomic E-state index is -1.28. The third-order valence-electron chi connectivity index (χ3n) is 2.56. The number of anilines is 1. The molecule has 0 unspecified atom stereocenters. The summed E-state index contributed by atoms with van der Waals surface area (Å²) in [5, 5.41) is 9.16. The van der Waals surface area contributed by atoms with Gasteiger partial charge in [0.15, 0.2) is 5.82 Å². The molecular formula is C13H17N3O3S2. The number of carbonyl (C=O) groups excluding carboxylic acids is 1. The Morgan fingerprint density at radius 3 is 3.00 bits per heavy atom. The first-order valence-corrected chi connectivity index (χ1v) is 8.95. The second-order valence-electron chi connectivity index (χ2n) is 4.58. The first-order valence-electron chi connectivity index (χ1n) is 6.58. The molecule has 21 heavy (non-hydrogen) atoms. The number of hydrogen-bond acceptors (Lipinski definition) is 6. The number of nitrogens with zero attached hydrogens (tertiary/aromatic N) is 2. The minimum Gasteiger partial charge on any atom is -0.360 e. The second kappa shape index (κ2) is 7.46. The van der Waals surface area contributed by atoms with E-state index < -0.39 is 10.8 Å². The minimum absolute atomic E-state index is 0.0768. The summed E-state index contributed by atoms with van der Waals surface area (Å²) >= 11 is 1.57. The van der Waals surface area contributed by atoms with Gasteiger partial charge in [-0.3, -0.25) is 9.00 Å². The number of rotatable bonds is 7. The number of aromatic nitrogens is 2. The lowest BCUT2D eigenvalue weighted by Crippen LogP contribution is -2.20. The molecule has 1 atom stereocenters. The molecule has 2 aromatic rings. The van der Waals surface area contributed by atoms with Gasteiger partial charge < -0.3 is 9.84 Å². The number of thiazole rings is 1. The summed E-state index contributed by atoms with van der Waals surface area (Å²) in [5.74, 6) is 0.828. The SMILES string of the molecule is CCCc1nc(C[S@](=O)CC(=O)Nc2cc(C)on2)cs1. The van der Waals surface area contributed by atoms with E-state index in [0.717, 1.165) is 23.5 Å². The van der Waals surface area contributed by atoms with Gasteiger partial charge >= 0.3 is 0 Å². The number of nitrogens with one attached hydrogen (secondary N) is 1. The number of aryl methyl sites for hydroxylation is 2. The Kier molecular flexibility index (Phi) is 5.63. The smallest absolute Gasteiger partial charge is 0.238 e. The number of amides is 1. The molecule has 0 aliphatic rings. The van der Waals surface area contributed by atoms with Gasteiger partial charge in [0, 0.05) is 22.2 Å². The van der Waals surface area contributed by atoms with Gasteiger partial charge in [-0.15, -0.1) is 11.3 Å². The molecule has 0 aromatic carbocycles. The van der Waals surface area contributed by atoms with Crippen molar-refractivity contribution >= 4 is 33.9 Å². The van der Waals surface area contributed by atoms with E-state index in [9.17, 15) is 9.00 Å². The van der Waals surface area contributed by atoms with Crippen LogP contribution in [-0.2, 0) is 27.8 Å². The topological polar surface area (TPSA) is 85.1 Å². The zero-order valence-electron chi connectivity index (χ0n) is 11.9. The molecule has 1 N–H and O–H groups in total. The van der Waals surface area contributed by atoms with Crippen molar-refractivity contribution in [2.24, 2.45) is 0 Å². The number of carbonyl (C=O) groups is 1. The fraction of sp³-hybridized carbons (Fsp3) is 0.462. The van der Waals surface area contributed by atoms with Crippen LogP contribution in [0.1, 0.15) is 29.8 Å². The molecule has 0 saturated carbocycles. The van der Waals surface area contributed by atoms with Crippen LogP contribution in [0.3, 0.4) is 0 Å². The Morgan fingerprint density at radius 2 is 2.33 bits per heavy atom. The van der Waals surface area contributed by atoms with Crippen LogP contribution in [0.5, 0.6) is 0 Å². The molecule has 0 saturated heterocycles. The maximum atomic E-state index is 12.0. The van der Waals surface area contributed by atoms with E-state index in [2.05, 4.69) is 22.4 Å². The quantitative estimate of drug-likeness (QED) is 0.843. The Bertz CT molecular complexity index is 636. The largest absolute Gasteiger partial charge is 0.360 e. The van der Waals surface area contributed by atoms with Gasteiger partial charge in [0.25, 0.3) is 0 Å². The van der Waals surface area contributed by atoms with Crippen molar-refractivity contribution in [3.05, 3.63) is 27.9 Å². The summed E-state index contributed by atoms with van der Waals surface area (Å²) in [5.41, 5.74) is 0.784. The Morgan fingerprint density at radius 1 is 1.52 bits per heavy atom. The normalized spacial score (nSPS) is 12.3. The van der Waals surface area contributed by atoms with Crippen LogP contribution in [0, 0.1) is 6.92 Å². The van der Waals surface area contributed by atoms with E-state index in [1.165, 1.54) is 0 Å². The summed E-state index contributed by atoms with van der Waals surface area (Å²) < 4.78 is 16.8. The standard InChI is InChI=1S/C13H17N3O3S2/c1-3-4-13-14-10(6-20-13)7-21(18)8-12(17)15-11-5-9(2)19-16-11/h5-6H,3-4,7-8H2,1-2H3,(H,15,16,17)/t21-/m0/s1. The highest BCUT2D eigenvalue weighted by atomic mass is 32.2. The lowest BCUT2D eigenvalue weighted by atomic mass is 10.3. The summed E-state index contributed by atoms with van der Waals surface area (Å²) in [6, 6.07) is 1.61. The van der Waals surface area contributed by atoms with Crippen LogP contribution in [0.4, 0.5) is 5.82 Å². The molecule has 0 aliphatic heterocycles. The molecule has 2 rings (SSSR count). The summed E-state index contributed by atoms with van der Waals surface area (Å²) in [6.45, 7) is 3.83. The molecule has 0 fully saturated rings. The van der Waals surface area contributed by atoms with Gasteiger partial charge in [0.1, 0.15) is 11.5 Å². The fourth-order valence-corrected chi connectivity index (χ4v) is 3.66. The molecule has 8 heteroatoms. The maximum absolute atomic E-state index is 12.0. The van der Waals surface area contributed by atoms with E-state index in [4.69, 9.17) is 4.52 Å². The molecule has 1 amide bonds. The lowest BCUT2D eigenvalue weighted by Gasteiger charge is -2.00. The van der Waals surface area contributed by atoms with Crippen molar-refractivity contribution in [2.45, 2.75) is 32.4 Å². The predicted molar refractivity (Wildman–Crippen MR) is 82.7 cm³/mol. The molecule has 0 aliphatic carbocycles. The van der Waals surface area contributed by atoms with E-state index in [0.29, 0.717) is 17.3 Å². The van der Waals surface area contributed by atoms with Crippen molar-refractivity contribution in [2.75, 3.05) is 11.1 Å². The highest BCUT2D eigenvalue weighted by Gasteiger charge is 2.12. The average Bonchev–Trinajstić information content (AvgIpc) is 2.99.